The van der Waals surface area contributed by atoms with E-state index in [0.29, 0.717) is 6.54 Å². The normalized spacial score (nSPS) is 18.4. The Hall–Kier alpha value is -2.50. The molecule has 0 aliphatic carbocycles. The van der Waals surface area contributed by atoms with Gasteiger partial charge in [0.1, 0.15) is 5.75 Å². The molecule has 24 heavy (non-hydrogen) atoms. The topological polar surface area (TPSA) is 59.4 Å². The molecule has 1 fully saturated rings. The maximum absolute atomic E-state index is 12.7. The molecular weight excluding hydrogens is 304 g/mol. The van der Waals surface area contributed by atoms with Crippen LogP contribution in [0.25, 0.3) is 0 Å². The van der Waals surface area contributed by atoms with Gasteiger partial charge in [-0.3, -0.25) is 0 Å². The van der Waals surface area contributed by atoms with Crippen molar-refractivity contribution >= 4 is 6.03 Å². The minimum atomic E-state index is -0.00654. The summed E-state index contributed by atoms with van der Waals surface area (Å²) in [5, 5.41) is 3.10. The highest BCUT2D eigenvalue weighted by Crippen LogP contribution is 2.33. The quantitative estimate of drug-likeness (QED) is 0.918. The number of carbonyl (C=O) groups excluding carboxylic acids is 1. The molecule has 2 heterocycles. The van der Waals surface area contributed by atoms with Gasteiger partial charge in [0.05, 0.1) is 19.5 Å². The fraction of sp³-hybridized carbons (Fsp3) is 0.444. The number of aromatic nitrogens is 2. The highest BCUT2D eigenvalue weighted by molar-refractivity contribution is 5.75. The molecule has 0 radical (unpaired) electrons. The smallest absolute Gasteiger partial charge is 0.318 e. The average Bonchev–Trinajstić information content (AvgIpc) is 3.26. The SMILES string of the molecule is COc1cccc([C@H]2CCCN2C(=O)N[C@@H](C)Cn2ccnc2)c1. The largest absolute Gasteiger partial charge is 0.497 e. The molecule has 2 aromatic rings. The number of urea groups is 1. The third-order valence-corrected chi connectivity index (χ3v) is 4.41. The first-order valence-electron chi connectivity index (χ1n) is 8.34. The lowest BCUT2D eigenvalue weighted by Gasteiger charge is -2.27. The van der Waals surface area contributed by atoms with Gasteiger partial charge in [-0.15, -0.1) is 0 Å². The number of imidazole rings is 1. The summed E-state index contributed by atoms with van der Waals surface area (Å²) in [6, 6.07) is 8.13. The van der Waals surface area contributed by atoms with Gasteiger partial charge in [-0.05, 0) is 37.5 Å². The molecule has 0 unspecified atom stereocenters. The first-order chi connectivity index (χ1) is 11.7. The second-order valence-electron chi connectivity index (χ2n) is 6.24. The third kappa shape index (κ3) is 3.69. The van der Waals surface area contributed by atoms with E-state index >= 15 is 0 Å². The molecule has 1 aliphatic rings. The molecule has 3 rings (SSSR count). The van der Waals surface area contributed by atoms with Crippen LogP contribution in [0.4, 0.5) is 4.79 Å². The minimum absolute atomic E-state index is 0.00654. The van der Waals surface area contributed by atoms with Crippen LogP contribution in [0.15, 0.2) is 43.0 Å². The maximum Gasteiger partial charge on any atom is 0.318 e. The van der Waals surface area contributed by atoms with E-state index < -0.39 is 0 Å². The molecule has 1 N–H and O–H groups in total. The number of ether oxygens (including phenoxy) is 1. The second kappa shape index (κ2) is 7.38. The molecule has 0 bridgehead atoms. The number of nitrogens with one attached hydrogen (secondary N) is 1. The summed E-state index contributed by atoms with van der Waals surface area (Å²) >= 11 is 0. The predicted octanol–water partition coefficient (Wildman–Crippen LogP) is 2.83. The van der Waals surface area contributed by atoms with Crippen molar-refractivity contribution in [2.24, 2.45) is 0 Å². The summed E-state index contributed by atoms with van der Waals surface area (Å²) in [6.07, 6.45) is 7.41. The van der Waals surface area contributed by atoms with Gasteiger partial charge in [0.15, 0.2) is 0 Å². The number of carbonyl (C=O) groups is 1. The first-order valence-corrected chi connectivity index (χ1v) is 8.34. The fourth-order valence-electron chi connectivity index (χ4n) is 3.26. The van der Waals surface area contributed by atoms with Crippen molar-refractivity contribution < 1.29 is 9.53 Å². The number of hydrogen-bond donors (Lipinski definition) is 1. The van der Waals surface area contributed by atoms with Crippen LogP contribution in [-0.2, 0) is 6.54 Å². The molecule has 1 aromatic heterocycles. The lowest BCUT2D eigenvalue weighted by atomic mass is 10.0. The Bertz CT molecular complexity index is 671. The van der Waals surface area contributed by atoms with E-state index in [-0.39, 0.29) is 18.1 Å². The van der Waals surface area contributed by atoms with Crippen molar-refractivity contribution in [3.05, 3.63) is 48.5 Å². The molecular formula is C18H24N4O2. The van der Waals surface area contributed by atoms with Crippen LogP contribution in [-0.4, -0.2) is 40.2 Å². The van der Waals surface area contributed by atoms with E-state index in [2.05, 4.69) is 16.4 Å². The first kappa shape index (κ1) is 16.4. The van der Waals surface area contributed by atoms with Crippen molar-refractivity contribution in [2.75, 3.05) is 13.7 Å². The summed E-state index contributed by atoms with van der Waals surface area (Å²) in [5.41, 5.74) is 1.13. The molecule has 6 nitrogen and oxygen atoms in total. The van der Waals surface area contributed by atoms with Crippen molar-refractivity contribution in [3.8, 4) is 5.75 Å². The van der Waals surface area contributed by atoms with Gasteiger partial charge in [-0.25, -0.2) is 9.78 Å². The van der Waals surface area contributed by atoms with Gasteiger partial charge in [-0.2, -0.15) is 0 Å². The van der Waals surface area contributed by atoms with Crippen LogP contribution in [0, 0.1) is 0 Å². The minimum Gasteiger partial charge on any atom is -0.497 e. The fourth-order valence-corrected chi connectivity index (χ4v) is 3.26. The number of nitrogens with zero attached hydrogens (tertiary/aromatic N) is 3. The van der Waals surface area contributed by atoms with Crippen molar-refractivity contribution in [1.82, 2.24) is 19.8 Å². The molecule has 0 spiro atoms. The Morgan fingerprint density at radius 2 is 2.38 bits per heavy atom. The Kier molecular flexibility index (Phi) is 5.03. The average molecular weight is 328 g/mol. The predicted molar refractivity (Wildman–Crippen MR) is 91.9 cm³/mol. The highest BCUT2D eigenvalue weighted by Gasteiger charge is 2.30. The Morgan fingerprint density at radius 1 is 1.50 bits per heavy atom. The number of amides is 2. The third-order valence-electron chi connectivity index (χ3n) is 4.41. The molecule has 0 saturated carbocycles. The Balaban J connectivity index is 1.64. The van der Waals surface area contributed by atoms with E-state index in [9.17, 15) is 4.79 Å². The van der Waals surface area contributed by atoms with Crippen LogP contribution >= 0.6 is 0 Å². The zero-order chi connectivity index (χ0) is 16.9. The molecule has 1 aromatic carbocycles. The summed E-state index contributed by atoms with van der Waals surface area (Å²) in [4.78, 5) is 18.6. The van der Waals surface area contributed by atoms with Gasteiger partial charge in [0, 0.05) is 31.5 Å². The maximum atomic E-state index is 12.7. The van der Waals surface area contributed by atoms with Crippen molar-refractivity contribution in [3.63, 3.8) is 0 Å². The Morgan fingerprint density at radius 3 is 3.12 bits per heavy atom. The van der Waals surface area contributed by atoms with E-state index in [0.717, 1.165) is 30.7 Å². The number of benzene rings is 1. The Labute approximate surface area is 142 Å². The number of hydrogen-bond acceptors (Lipinski definition) is 3. The van der Waals surface area contributed by atoms with Gasteiger partial charge >= 0.3 is 6.03 Å². The summed E-state index contributed by atoms with van der Waals surface area (Å²) in [5.74, 6) is 0.827. The van der Waals surface area contributed by atoms with E-state index in [1.165, 1.54) is 0 Å². The lowest BCUT2D eigenvalue weighted by Crippen LogP contribution is -2.44. The molecule has 6 heteroatoms. The molecule has 2 amide bonds. The van der Waals surface area contributed by atoms with Gasteiger partial charge in [-0.1, -0.05) is 12.1 Å². The van der Waals surface area contributed by atoms with Gasteiger partial charge < -0.3 is 19.5 Å². The molecule has 2 atom stereocenters. The standard InChI is InChI=1S/C18H24N4O2/c1-14(12-21-10-8-19-13-21)20-18(23)22-9-4-7-17(22)15-5-3-6-16(11-15)24-2/h3,5-6,8,10-11,13-14,17H,4,7,9,12H2,1-2H3,(H,20,23)/t14-,17+/m0/s1. The monoisotopic (exact) mass is 328 g/mol. The summed E-state index contributed by atoms with van der Waals surface area (Å²) in [7, 11) is 1.66. The van der Waals surface area contributed by atoms with Crippen LogP contribution in [0.2, 0.25) is 0 Å². The van der Waals surface area contributed by atoms with Crippen LogP contribution in [0.3, 0.4) is 0 Å². The molecule has 1 saturated heterocycles. The van der Waals surface area contributed by atoms with Gasteiger partial charge in [0.2, 0.25) is 0 Å². The van der Waals surface area contributed by atoms with E-state index in [4.69, 9.17) is 4.74 Å². The zero-order valence-corrected chi connectivity index (χ0v) is 14.2. The van der Waals surface area contributed by atoms with E-state index in [1.807, 2.05) is 40.8 Å². The summed E-state index contributed by atoms with van der Waals surface area (Å²) in [6.45, 7) is 3.50. The number of rotatable bonds is 5. The molecule has 1 aliphatic heterocycles. The van der Waals surface area contributed by atoms with Gasteiger partial charge in [0.25, 0.3) is 0 Å². The van der Waals surface area contributed by atoms with E-state index in [1.54, 1.807) is 19.6 Å². The van der Waals surface area contributed by atoms with Crippen molar-refractivity contribution in [2.45, 2.75) is 38.4 Å². The summed E-state index contributed by atoms with van der Waals surface area (Å²) < 4.78 is 7.27. The van der Waals surface area contributed by atoms with Crippen LogP contribution in [0.5, 0.6) is 5.75 Å². The lowest BCUT2D eigenvalue weighted by molar-refractivity contribution is 0.188. The zero-order valence-electron chi connectivity index (χ0n) is 14.2. The molecule has 128 valence electrons. The number of likely N-dealkylation sites (tertiary alicyclic amines) is 1. The number of methoxy groups -OCH3 is 1. The second-order valence-corrected chi connectivity index (χ2v) is 6.24. The highest BCUT2D eigenvalue weighted by atomic mass is 16.5. The van der Waals surface area contributed by atoms with Crippen molar-refractivity contribution in [1.29, 1.82) is 0 Å². The van der Waals surface area contributed by atoms with Crippen LogP contribution < -0.4 is 10.1 Å². The van der Waals surface area contributed by atoms with Crippen LogP contribution in [0.1, 0.15) is 31.4 Å².